The number of nitrogens with one attached hydrogen (secondary N) is 2. The van der Waals surface area contributed by atoms with Crippen molar-refractivity contribution in [3.8, 4) is 10.6 Å². The van der Waals surface area contributed by atoms with Crippen LogP contribution in [0.2, 0.25) is 5.02 Å². The summed E-state index contributed by atoms with van der Waals surface area (Å²) in [6, 6.07) is 7.32. The van der Waals surface area contributed by atoms with Crippen molar-refractivity contribution in [1.29, 1.82) is 0 Å². The van der Waals surface area contributed by atoms with E-state index in [4.69, 9.17) is 11.6 Å². The molecule has 23 heavy (non-hydrogen) atoms. The van der Waals surface area contributed by atoms with Crippen LogP contribution >= 0.6 is 22.9 Å². The van der Waals surface area contributed by atoms with Gasteiger partial charge in [0.2, 0.25) is 0 Å². The third-order valence-corrected chi connectivity index (χ3v) is 4.18. The Bertz CT molecular complexity index is 886. The summed E-state index contributed by atoms with van der Waals surface area (Å²) in [4.78, 5) is 29.5. The van der Waals surface area contributed by atoms with E-state index in [2.05, 4.69) is 25.0 Å². The number of thiazole rings is 1. The van der Waals surface area contributed by atoms with Gasteiger partial charge in [-0.05, 0) is 6.07 Å². The van der Waals surface area contributed by atoms with E-state index in [0.717, 1.165) is 5.56 Å². The molecule has 9 heteroatoms. The van der Waals surface area contributed by atoms with Crippen molar-refractivity contribution in [2.45, 2.75) is 6.42 Å². The lowest BCUT2D eigenvalue weighted by Gasteiger charge is -2.01. The molecule has 0 saturated carbocycles. The first-order chi connectivity index (χ1) is 11.1. The first-order valence-electron chi connectivity index (χ1n) is 6.67. The van der Waals surface area contributed by atoms with Crippen LogP contribution in [0, 0.1) is 0 Å². The Morgan fingerprint density at radius 1 is 1.39 bits per heavy atom. The predicted molar refractivity (Wildman–Crippen MR) is 85.7 cm³/mol. The molecule has 0 unspecified atom stereocenters. The quantitative estimate of drug-likeness (QED) is 0.734. The maximum Gasteiger partial charge on any atom is 0.438 e. The van der Waals surface area contributed by atoms with Gasteiger partial charge in [0.1, 0.15) is 10.7 Å². The average molecular weight is 351 g/mol. The van der Waals surface area contributed by atoms with Gasteiger partial charge in [-0.3, -0.25) is 14.3 Å². The van der Waals surface area contributed by atoms with Crippen LogP contribution in [0.4, 0.5) is 0 Å². The predicted octanol–water partition coefficient (Wildman–Crippen LogP) is 2.11. The molecule has 2 N–H and O–H groups in total. The topological polar surface area (TPSA) is 101 Å². The molecule has 2 heterocycles. The van der Waals surface area contributed by atoms with Crippen molar-refractivity contribution in [2.24, 2.45) is 0 Å². The monoisotopic (exact) mass is 350 g/mol. The van der Waals surface area contributed by atoms with E-state index in [1.807, 2.05) is 18.2 Å². The molecule has 1 amide bonds. The zero-order chi connectivity index (χ0) is 16.2. The fraction of sp³-hybridized carbons (Fsp3) is 0.143. The molecule has 0 saturated heterocycles. The lowest BCUT2D eigenvalue weighted by atomic mass is 10.2. The van der Waals surface area contributed by atoms with Crippen LogP contribution in [0.5, 0.6) is 0 Å². The van der Waals surface area contributed by atoms with Crippen LogP contribution in [0.25, 0.3) is 10.6 Å². The Morgan fingerprint density at radius 3 is 2.96 bits per heavy atom. The third kappa shape index (κ3) is 3.66. The van der Waals surface area contributed by atoms with Crippen LogP contribution in [-0.4, -0.2) is 27.6 Å². The zero-order valence-corrected chi connectivity index (χ0v) is 13.3. The number of carbonyl (C=O) groups excluding carboxylic acids is 1. The molecule has 0 aliphatic rings. The molecule has 0 aliphatic heterocycles. The Kier molecular flexibility index (Phi) is 4.54. The Labute approximate surface area is 139 Å². The number of hydrogen-bond donors (Lipinski definition) is 2. The van der Waals surface area contributed by atoms with E-state index in [1.165, 1.54) is 11.3 Å². The number of aromatic amines is 1. The summed E-state index contributed by atoms with van der Waals surface area (Å²) in [5, 5.41) is 9.16. The SMILES string of the molecule is O=C(NCCc1noc(=O)[nH]1)c1csc(-c2ccccc2Cl)n1. The smallest absolute Gasteiger partial charge is 0.350 e. The highest BCUT2D eigenvalue weighted by molar-refractivity contribution is 7.13. The number of halogens is 1. The Hall–Kier alpha value is -2.45. The molecule has 7 nitrogen and oxygen atoms in total. The molecule has 0 aliphatic carbocycles. The summed E-state index contributed by atoms with van der Waals surface area (Å²) in [5.74, 6) is -0.536. The highest BCUT2D eigenvalue weighted by Gasteiger charge is 2.13. The van der Waals surface area contributed by atoms with Crippen LogP contribution in [0.3, 0.4) is 0 Å². The summed E-state index contributed by atoms with van der Waals surface area (Å²) in [5.41, 5.74) is 1.11. The van der Waals surface area contributed by atoms with Gasteiger partial charge in [-0.25, -0.2) is 9.78 Å². The number of rotatable bonds is 5. The number of carbonyl (C=O) groups is 1. The lowest BCUT2D eigenvalue weighted by molar-refractivity contribution is 0.0949. The van der Waals surface area contributed by atoms with E-state index >= 15 is 0 Å². The fourth-order valence-electron chi connectivity index (χ4n) is 1.89. The minimum atomic E-state index is -0.616. The van der Waals surface area contributed by atoms with Crippen molar-refractivity contribution in [1.82, 2.24) is 20.4 Å². The second-order valence-electron chi connectivity index (χ2n) is 4.57. The van der Waals surface area contributed by atoms with E-state index in [0.29, 0.717) is 34.5 Å². The van der Waals surface area contributed by atoms with Crippen molar-refractivity contribution in [2.75, 3.05) is 6.54 Å². The zero-order valence-electron chi connectivity index (χ0n) is 11.7. The van der Waals surface area contributed by atoms with Crippen LogP contribution in [-0.2, 0) is 6.42 Å². The maximum atomic E-state index is 12.1. The van der Waals surface area contributed by atoms with E-state index in [1.54, 1.807) is 11.4 Å². The fourth-order valence-corrected chi connectivity index (χ4v) is 3.01. The van der Waals surface area contributed by atoms with Crippen LogP contribution in [0.15, 0.2) is 39.0 Å². The highest BCUT2D eigenvalue weighted by atomic mass is 35.5. The van der Waals surface area contributed by atoms with Crippen molar-refractivity contribution in [3.05, 3.63) is 56.7 Å². The van der Waals surface area contributed by atoms with E-state index < -0.39 is 5.76 Å². The number of nitrogens with zero attached hydrogens (tertiary/aromatic N) is 2. The second-order valence-corrected chi connectivity index (χ2v) is 5.83. The van der Waals surface area contributed by atoms with E-state index in [-0.39, 0.29) is 5.91 Å². The molecular formula is C14H11ClN4O3S. The normalized spacial score (nSPS) is 10.7. The largest absolute Gasteiger partial charge is 0.438 e. The van der Waals surface area contributed by atoms with Gasteiger partial charge in [0.25, 0.3) is 5.91 Å². The number of benzene rings is 1. The molecule has 3 rings (SSSR count). The van der Waals surface area contributed by atoms with E-state index in [9.17, 15) is 9.59 Å². The summed E-state index contributed by atoms with van der Waals surface area (Å²) in [6.45, 7) is 0.306. The number of amides is 1. The minimum absolute atomic E-state index is 0.301. The molecule has 2 aromatic heterocycles. The van der Waals surface area contributed by atoms with Gasteiger partial charge in [-0.1, -0.05) is 35.0 Å². The number of H-pyrrole nitrogens is 1. The van der Waals surface area contributed by atoms with Gasteiger partial charge in [0.05, 0.1) is 5.02 Å². The summed E-state index contributed by atoms with van der Waals surface area (Å²) in [6.07, 6.45) is 0.360. The summed E-state index contributed by atoms with van der Waals surface area (Å²) < 4.78 is 4.37. The average Bonchev–Trinajstić information content (AvgIpc) is 3.17. The molecule has 3 aromatic rings. The van der Waals surface area contributed by atoms with Gasteiger partial charge in [-0.15, -0.1) is 11.3 Å². The van der Waals surface area contributed by atoms with Crippen LogP contribution in [0.1, 0.15) is 16.3 Å². The van der Waals surface area contributed by atoms with Gasteiger partial charge < -0.3 is 5.32 Å². The first kappa shape index (κ1) is 15.4. The van der Waals surface area contributed by atoms with Crippen molar-refractivity contribution < 1.29 is 9.32 Å². The molecule has 0 fully saturated rings. The molecule has 0 radical (unpaired) electrons. The first-order valence-corrected chi connectivity index (χ1v) is 7.93. The van der Waals surface area contributed by atoms with Crippen LogP contribution < -0.4 is 11.1 Å². The van der Waals surface area contributed by atoms with Crippen molar-refractivity contribution in [3.63, 3.8) is 0 Å². The molecule has 0 bridgehead atoms. The molecular weight excluding hydrogens is 340 g/mol. The van der Waals surface area contributed by atoms with Gasteiger partial charge in [0.15, 0.2) is 5.82 Å². The lowest BCUT2D eigenvalue weighted by Crippen LogP contribution is -2.26. The number of hydrogen-bond acceptors (Lipinski definition) is 6. The molecule has 0 atom stereocenters. The minimum Gasteiger partial charge on any atom is -0.350 e. The third-order valence-electron chi connectivity index (χ3n) is 2.97. The number of aromatic nitrogens is 3. The molecule has 0 spiro atoms. The van der Waals surface area contributed by atoms with Crippen molar-refractivity contribution >= 4 is 28.8 Å². The summed E-state index contributed by atoms with van der Waals surface area (Å²) in [7, 11) is 0. The molecule has 1 aromatic carbocycles. The van der Waals surface area contributed by atoms with Gasteiger partial charge in [-0.2, -0.15) is 0 Å². The highest BCUT2D eigenvalue weighted by Crippen LogP contribution is 2.29. The Balaban J connectivity index is 1.62. The second kappa shape index (κ2) is 6.76. The van der Waals surface area contributed by atoms with Gasteiger partial charge >= 0.3 is 5.76 Å². The maximum absolute atomic E-state index is 12.1. The molecule has 118 valence electrons. The standard InChI is InChI=1S/C14H11ClN4O3S/c15-9-4-2-1-3-8(9)13-17-10(7-23-13)12(20)16-6-5-11-18-14(21)22-19-11/h1-4,7H,5-6H2,(H,16,20)(H,18,19,21). The summed E-state index contributed by atoms with van der Waals surface area (Å²) >= 11 is 7.47. The Morgan fingerprint density at radius 2 is 2.22 bits per heavy atom. The van der Waals surface area contributed by atoms with Gasteiger partial charge in [0, 0.05) is 23.9 Å².